The van der Waals surface area contributed by atoms with Crippen molar-refractivity contribution in [2.24, 2.45) is 0 Å². The first-order valence-electron chi connectivity index (χ1n) is 4.84. The molecular weight excluding hydrogens is 196 g/mol. The number of rotatable bonds is 5. The van der Waals surface area contributed by atoms with Gasteiger partial charge in [-0.1, -0.05) is 12.7 Å². The number of ether oxygens (including phenoxy) is 2. The van der Waals surface area contributed by atoms with Gasteiger partial charge in [0.05, 0.1) is 11.7 Å². The molecule has 0 aliphatic carbocycles. The number of esters is 1. The fraction of sp³-hybridized carbons (Fsp3) is 0.455. The highest BCUT2D eigenvalue weighted by atomic mass is 16.6. The summed E-state index contributed by atoms with van der Waals surface area (Å²) in [7, 11) is 0. The SMILES string of the molecule is C=CC=C(C=O)C(=O)OCC1CCCO1. The van der Waals surface area contributed by atoms with Crippen LogP contribution in [-0.2, 0) is 19.1 Å². The zero-order chi connectivity index (χ0) is 11.1. The predicted molar refractivity (Wildman–Crippen MR) is 54.3 cm³/mol. The summed E-state index contributed by atoms with van der Waals surface area (Å²) in [6, 6.07) is 0. The van der Waals surface area contributed by atoms with Gasteiger partial charge in [-0.2, -0.15) is 0 Å². The molecule has 1 heterocycles. The molecule has 1 atom stereocenters. The van der Waals surface area contributed by atoms with Crippen LogP contribution in [0.15, 0.2) is 24.3 Å². The molecule has 0 spiro atoms. The number of allylic oxidation sites excluding steroid dienone is 2. The van der Waals surface area contributed by atoms with Crippen LogP contribution in [-0.4, -0.2) is 31.6 Å². The lowest BCUT2D eigenvalue weighted by atomic mass is 10.2. The highest BCUT2D eigenvalue weighted by molar-refractivity contribution is 6.07. The molecule has 0 radical (unpaired) electrons. The molecule has 0 bridgehead atoms. The highest BCUT2D eigenvalue weighted by Gasteiger charge is 2.18. The van der Waals surface area contributed by atoms with Crippen LogP contribution in [0.4, 0.5) is 0 Å². The Bertz CT molecular complexity index is 274. The average Bonchev–Trinajstić information content (AvgIpc) is 2.75. The number of carbonyl (C=O) groups is 2. The van der Waals surface area contributed by atoms with Crippen LogP contribution in [0.2, 0.25) is 0 Å². The third kappa shape index (κ3) is 3.67. The fourth-order valence-electron chi connectivity index (χ4n) is 1.31. The first kappa shape index (κ1) is 11.7. The Morgan fingerprint density at radius 1 is 1.60 bits per heavy atom. The van der Waals surface area contributed by atoms with Crippen molar-refractivity contribution in [3.8, 4) is 0 Å². The summed E-state index contributed by atoms with van der Waals surface area (Å²) >= 11 is 0. The average molecular weight is 210 g/mol. The summed E-state index contributed by atoms with van der Waals surface area (Å²) in [5, 5.41) is 0. The molecule has 1 aliphatic heterocycles. The minimum absolute atomic E-state index is 0.0226. The van der Waals surface area contributed by atoms with Crippen molar-refractivity contribution in [3.63, 3.8) is 0 Å². The van der Waals surface area contributed by atoms with Crippen LogP contribution < -0.4 is 0 Å². The Labute approximate surface area is 88.6 Å². The molecule has 0 aromatic rings. The van der Waals surface area contributed by atoms with Crippen LogP contribution >= 0.6 is 0 Å². The zero-order valence-corrected chi connectivity index (χ0v) is 8.48. The third-order valence-corrected chi connectivity index (χ3v) is 2.08. The van der Waals surface area contributed by atoms with Crippen molar-refractivity contribution in [1.82, 2.24) is 0 Å². The molecule has 0 aromatic carbocycles. The van der Waals surface area contributed by atoms with Gasteiger partial charge in [0.25, 0.3) is 0 Å². The summed E-state index contributed by atoms with van der Waals surface area (Å²) in [5.41, 5.74) is -0.0250. The van der Waals surface area contributed by atoms with Gasteiger partial charge in [0.2, 0.25) is 0 Å². The smallest absolute Gasteiger partial charge is 0.341 e. The monoisotopic (exact) mass is 210 g/mol. The van der Waals surface area contributed by atoms with Crippen molar-refractivity contribution in [2.45, 2.75) is 18.9 Å². The quantitative estimate of drug-likeness (QED) is 0.170. The zero-order valence-electron chi connectivity index (χ0n) is 8.48. The van der Waals surface area contributed by atoms with Gasteiger partial charge in [0.15, 0.2) is 6.29 Å². The summed E-state index contributed by atoms with van der Waals surface area (Å²) in [5.74, 6) is -0.625. The second kappa shape index (κ2) is 6.14. The number of carbonyl (C=O) groups excluding carboxylic acids is 2. The number of hydrogen-bond acceptors (Lipinski definition) is 4. The van der Waals surface area contributed by atoms with E-state index in [1.807, 2.05) is 0 Å². The van der Waals surface area contributed by atoms with Gasteiger partial charge in [0, 0.05) is 6.61 Å². The van der Waals surface area contributed by atoms with E-state index in [2.05, 4.69) is 6.58 Å². The fourth-order valence-corrected chi connectivity index (χ4v) is 1.31. The molecule has 82 valence electrons. The third-order valence-electron chi connectivity index (χ3n) is 2.08. The maximum atomic E-state index is 11.3. The van der Waals surface area contributed by atoms with Gasteiger partial charge in [-0.05, 0) is 18.9 Å². The maximum absolute atomic E-state index is 11.3. The Morgan fingerprint density at radius 2 is 2.40 bits per heavy atom. The summed E-state index contributed by atoms with van der Waals surface area (Å²) in [4.78, 5) is 21.8. The second-order valence-corrected chi connectivity index (χ2v) is 3.21. The summed E-state index contributed by atoms with van der Waals surface area (Å²) in [6.45, 7) is 4.32. The molecule has 0 aromatic heterocycles. The molecule has 1 rings (SSSR count). The van der Waals surface area contributed by atoms with E-state index in [0.29, 0.717) is 12.9 Å². The molecule has 0 amide bonds. The lowest BCUT2D eigenvalue weighted by Gasteiger charge is -2.09. The van der Waals surface area contributed by atoms with Gasteiger partial charge in [-0.3, -0.25) is 4.79 Å². The number of aldehydes is 1. The van der Waals surface area contributed by atoms with E-state index in [1.54, 1.807) is 0 Å². The molecule has 4 heteroatoms. The van der Waals surface area contributed by atoms with Crippen molar-refractivity contribution < 1.29 is 19.1 Å². The molecule has 0 N–H and O–H groups in total. The Kier molecular flexibility index (Phi) is 4.77. The summed E-state index contributed by atoms with van der Waals surface area (Å²) < 4.78 is 10.2. The lowest BCUT2D eigenvalue weighted by molar-refractivity contribution is -0.142. The Morgan fingerprint density at radius 3 is 2.93 bits per heavy atom. The van der Waals surface area contributed by atoms with Crippen LogP contribution in [0.3, 0.4) is 0 Å². The largest absolute Gasteiger partial charge is 0.459 e. The van der Waals surface area contributed by atoms with Gasteiger partial charge >= 0.3 is 5.97 Å². The Balaban J connectivity index is 2.36. The van der Waals surface area contributed by atoms with E-state index in [-0.39, 0.29) is 18.3 Å². The van der Waals surface area contributed by atoms with Crippen LogP contribution in [0.5, 0.6) is 0 Å². The van der Waals surface area contributed by atoms with Gasteiger partial charge in [-0.25, -0.2) is 4.79 Å². The molecule has 1 unspecified atom stereocenters. The van der Waals surface area contributed by atoms with Gasteiger partial charge in [0.1, 0.15) is 6.61 Å². The minimum Gasteiger partial charge on any atom is -0.459 e. The first-order valence-corrected chi connectivity index (χ1v) is 4.84. The topological polar surface area (TPSA) is 52.6 Å². The first-order chi connectivity index (χ1) is 7.27. The maximum Gasteiger partial charge on any atom is 0.341 e. The molecule has 4 nitrogen and oxygen atoms in total. The van der Waals surface area contributed by atoms with Gasteiger partial charge < -0.3 is 9.47 Å². The number of hydrogen-bond donors (Lipinski definition) is 0. The van der Waals surface area contributed by atoms with Crippen LogP contribution in [0.1, 0.15) is 12.8 Å². The van der Waals surface area contributed by atoms with E-state index in [0.717, 1.165) is 12.8 Å². The van der Waals surface area contributed by atoms with E-state index >= 15 is 0 Å². The molecule has 0 saturated carbocycles. The summed E-state index contributed by atoms with van der Waals surface area (Å²) in [6.07, 6.45) is 5.02. The molecule has 1 aliphatic rings. The Hall–Kier alpha value is -1.42. The van der Waals surface area contributed by atoms with Crippen molar-refractivity contribution in [2.75, 3.05) is 13.2 Å². The van der Waals surface area contributed by atoms with Crippen molar-refractivity contribution in [3.05, 3.63) is 24.3 Å². The van der Waals surface area contributed by atoms with E-state index in [1.165, 1.54) is 12.2 Å². The van der Waals surface area contributed by atoms with Crippen LogP contribution in [0, 0.1) is 0 Å². The normalized spacial score (nSPS) is 21.1. The van der Waals surface area contributed by atoms with Crippen molar-refractivity contribution in [1.29, 1.82) is 0 Å². The van der Waals surface area contributed by atoms with E-state index in [4.69, 9.17) is 9.47 Å². The highest BCUT2D eigenvalue weighted by Crippen LogP contribution is 2.12. The van der Waals surface area contributed by atoms with Gasteiger partial charge in [-0.15, -0.1) is 0 Å². The standard InChI is InChI=1S/C11H14O4/c1-2-4-9(7-12)11(13)15-8-10-5-3-6-14-10/h2,4,7,10H,1,3,5-6,8H2. The predicted octanol–water partition coefficient (Wildman–Crippen LogP) is 1.02. The van der Waals surface area contributed by atoms with E-state index in [9.17, 15) is 9.59 Å². The van der Waals surface area contributed by atoms with E-state index < -0.39 is 5.97 Å². The van der Waals surface area contributed by atoms with Crippen molar-refractivity contribution >= 4 is 12.3 Å². The molecule has 15 heavy (non-hydrogen) atoms. The van der Waals surface area contributed by atoms with Crippen LogP contribution in [0.25, 0.3) is 0 Å². The minimum atomic E-state index is -0.625. The lowest BCUT2D eigenvalue weighted by Crippen LogP contribution is -2.19. The second-order valence-electron chi connectivity index (χ2n) is 3.21. The molecular formula is C11H14O4. The molecule has 1 fully saturated rings. The molecule has 1 saturated heterocycles.